The van der Waals surface area contributed by atoms with Crippen LogP contribution in [0.25, 0.3) is 0 Å². The van der Waals surface area contributed by atoms with Crippen molar-refractivity contribution >= 4 is 34.9 Å². The fourth-order valence-corrected chi connectivity index (χ4v) is 4.27. The van der Waals surface area contributed by atoms with Gasteiger partial charge in [-0.2, -0.15) is 13.2 Å². The van der Waals surface area contributed by atoms with Gasteiger partial charge in [-0.05, 0) is 43.2 Å². The number of pyridine rings is 1. The van der Waals surface area contributed by atoms with Crippen LogP contribution in [0.15, 0.2) is 36.5 Å². The molecule has 2 aliphatic rings. The number of amides is 2. The lowest BCUT2D eigenvalue weighted by molar-refractivity contribution is -0.137. The molecule has 1 atom stereocenters. The minimum Gasteiger partial charge on any atom is -0.355 e. The average molecular weight is 471 g/mol. The molecule has 2 amide bonds. The lowest BCUT2D eigenvalue weighted by atomic mass is 10.0. The van der Waals surface area contributed by atoms with Crippen LogP contribution in [0.3, 0.4) is 0 Å². The van der Waals surface area contributed by atoms with Crippen LogP contribution < -0.4 is 15.1 Å². The molecule has 2 aromatic rings. The number of aromatic nitrogens is 1. The number of nitrogens with one attached hydrogen (secondary N) is 1. The Morgan fingerprint density at radius 2 is 1.75 bits per heavy atom. The summed E-state index contributed by atoms with van der Waals surface area (Å²) in [6.07, 6.45) is -2.57. The zero-order valence-corrected chi connectivity index (χ0v) is 17.5. The van der Waals surface area contributed by atoms with Crippen molar-refractivity contribution in [2.75, 3.05) is 22.9 Å². The number of piperidine rings is 1. The number of imide groups is 1. The number of nitrogens with zero attached hydrogens (tertiary/aromatic N) is 3. The summed E-state index contributed by atoms with van der Waals surface area (Å²) in [5.41, 5.74) is -0.582. The van der Waals surface area contributed by atoms with E-state index in [1.807, 2.05) is 0 Å². The van der Waals surface area contributed by atoms with Gasteiger partial charge in [0.05, 0.1) is 28.7 Å². The average Bonchev–Trinajstić information content (AvgIpc) is 3.02. The predicted octanol–water partition coefficient (Wildman–Crippen LogP) is 3.78. The second-order valence-electron chi connectivity index (χ2n) is 7.76. The third-order valence-corrected chi connectivity index (χ3v) is 5.89. The summed E-state index contributed by atoms with van der Waals surface area (Å²) in [5.74, 6) is -0.932. The van der Waals surface area contributed by atoms with E-state index in [9.17, 15) is 27.2 Å². The highest BCUT2D eigenvalue weighted by molar-refractivity contribution is 6.33. The maximum absolute atomic E-state index is 13.1. The van der Waals surface area contributed by atoms with Crippen molar-refractivity contribution in [1.82, 2.24) is 10.3 Å². The predicted molar refractivity (Wildman–Crippen MR) is 110 cm³/mol. The van der Waals surface area contributed by atoms with Crippen LogP contribution in [0.4, 0.5) is 29.1 Å². The van der Waals surface area contributed by atoms with Crippen LogP contribution in [0.1, 0.15) is 24.8 Å². The minimum absolute atomic E-state index is 0.00269. The van der Waals surface area contributed by atoms with Crippen LogP contribution in [-0.2, 0) is 15.8 Å². The SMILES string of the molecule is O=C1CC(NC2CCN(c3ncc(C(F)(F)F)cc3Cl)CC2)C(=O)N1c1ccc(F)cc1. The summed E-state index contributed by atoms with van der Waals surface area (Å²) >= 11 is 6.03. The summed E-state index contributed by atoms with van der Waals surface area (Å²) < 4.78 is 51.6. The van der Waals surface area contributed by atoms with Gasteiger partial charge in [-0.25, -0.2) is 14.3 Å². The molecule has 1 aromatic heterocycles. The van der Waals surface area contributed by atoms with Crippen molar-refractivity contribution in [2.45, 2.75) is 37.5 Å². The summed E-state index contributed by atoms with van der Waals surface area (Å²) in [6, 6.07) is 5.26. The van der Waals surface area contributed by atoms with Crippen molar-refractivity contribution in [1.29, 1.82) is 0 Å². The number of anilines is 2. The van der Waals surface area contributed by atoms with Gasteiger partial charge in [0.2, 0.25) is 5.91 Å². The van der Waals surface area contributed by atoms with Gasteiger partial charge in [-0.1, -0.05) is 11.6 Å². The quantitative estimate of drug-likeness (QED) is 0.544. The van der Waals surface area contributed by atoms with Crippen molar-refractivity contribution in [2.24, 2.45) is 0 Å². The summed E-state index contributed by atoms with van der Waals surface area (Å²) in [6.45, 7) is 0.957. The van der Waals surface area contributed by atoms with Crippen molar-refractivity contribution in [3.05, 3.63) is 52.9 Å². The first-order valence-electron chi connectivity index (χ1n) is 9.99. The fraction of sp³-hybridized carbons (Fsp3) is 0.381. The molecule has 0 saturated carbocycles. The minimum atomic E-state index is -4.51. The van der Waals surface area contributed by atoms with Gasteiger partial charge in [0.25, 0.3) is 5.91 Å². The maximum atomic E-state index is 13.1. The van der Waals surface area contributed by atoms with E-state index in [1.54, 1.807) is 4.90 Å². The Balaban J connectivity index is 1.36. The van der Waals surface area contributed by atoms with Gasteiger partial charge >= 0.3 is 6.18 Å². The number of hydrogen-bond acceptors (Lipinski definition) is 5. The van der Waals surface area contributed by atoms with E-state index in [0.717, 1.165) is 17.2 Å². The van der Waals surface area contributed by atoms with E-state index in [0.29, 0.717) is 31.6 Å². The second-order valence-corrected chi connectivity index (χ2v) is 8.16. The van der Waals surface area contributed by atoms with Gasteiger partial charge in [-0.15, -0.1) is 0 Å². The summed E-state index contributed by atoms with van der Waals surface area (Å²) in [5, 5.41) is 3.14. The lowest BCUT2D eigenvalue weighted by Gasteiger charge is -2.34. The number of benzene rings is 1. The van der Waals surface area contributed by atoms with Gasteiger partial charge in [0.1, 0.15) is 11.6 Å². The molecule has 3 heterocycles. The van der Waals surface area contributed by atoms with Crippen molar-refractivity contribution < 1.29 is 27.2 Å². The molecule has 32 heavy (non-hydrogen) atoms. The number of alkyl halides is 3. The molecule has 1 aromatic carbocycles. The lowest BCUT2D eigenvalue weighted by Crippen LogP contribution is -2.49. The van der Waals surface area contributed by atoms with Crippen LogP contribution >= 0.6 is 11.6 Å². The van der Waals surface area contributed by atoms with Crippen molar-refractivity contribution in [3.63, 3.8) is 0 Å². The summed E-state index contributed by atoms with van der Waals surface area (Å²) in [4.78, 5) is 31.8. The Morgan fingerprint density at radius 1 is 1.09 bits per heavy atom. The van der Waals surface area contributed by atoms with E-state index in [1.165, 1.54) is 24.3 Å². The summed E-state index contributed by atoms with van der Waals surface area (Å²) in [7, 11) is 0. The fourth-order valence-electron chi connectivity index (χ4n) is 3.98. The first-order valence-corrected chi connectivity index (χ1v) is 10.4. The maximum Gasteiger partial charge on any atom is 0.417 e. The third-order valence-electron chi connectivity index (χ3n) is 5.61. The zero-order valence-electron chi connectivity index (χ0n) is 16.7. The molecule has 0 aliphatic carbocycles. The Bertz CT molecular complexity index is 1020. The molecule has 4 rings (SSSR count). The second kappa shape index (κ2) is 8.67. The van der Waals surface area contributed by atoms with Crippen molar-refractivity contribution in [3.8, 4) is 0 Å². The smallest absolute Gasteiger partial charge is 0.355 e. The standard InChI is InChI=1S/C21H19ClF4N4O2/c22-16-9-12(21(24,25)26)11-27-19(16)29-7-5-14(6-8-29)28-17-10-18(31)30(20(17)32)15-3-1-13(23)2-4-15/h1-4,9,11,14,17,28H,5-8,10H2. The Kier molecular flexibility index (Phi) is 6.09. The highest BCUT2D eigenvalue weighted by Crippen LogP contribution is 2.34. The topological polar surface area (TPSA) is 65.5 Å². The molecular weight excluding hydrogens is 452 g/mol. The monoisotopic (exact) mass is 470 g/mol. The Hall–Kier alpha value is -2.72. The molecule has 1 unspecified atom stereocenters. The van der Waals surface area contributed by atoms with Crippen LogP contribution in [0, 0.1) is 5.82 Å². The zero-order chi connectivity index (χ0) is 23.0. The molecule has 6 nitrogen and oxygen atoms in total. The normalized spacial score (nSPS) is 20.3. The van der Waals surface area contributed by atoms with Crippen LogP contribution in [0.2, 0.25) is 5.02 Å². The van der Waals surface area contributed by atoms with Gasteiger partial charge in [0, 0.05) is 25.3 Å². The molecule has 0 bridgehead atoms. The van der Waals surface area contributed by atoms with E-state index < -0.39 is 29.5 Å². The molecule has 2 fully saturated rings. The molecule has 2 saturated heterocycles. The molecule has 11 heteroatoms. The molecular formula is C21H19ClF4N4O2. The molecule has 170 valence electrons. The van der Waals surface area contributed by atoms with E-state index >= 15 is 0 Å². The number of rotatable bonds is 4. The van der Waals surface area contributed by atoms with E-state index in [4.69, 9.17) is 11.6 Å². The number of hydrogen-bond donors (Lipinski definition) is 1. The number of carbonyl (C=O) groups excluding carboxylic acids is 2. The highest BCUT2D eigenvalue weighted by atomic mass is 35.5. The van der Waals surface area contributed by atoms with Crippen LogP contribution in [-0.4, -0.2) is 42.0 Å². The molecule has 1 N–H and O–H groups in total. The van der Waals surface area contributed by atoms with Gasteiger partial charge in [-0.3, -0.25) is 9.59 Å². The Morgan fingerprint density at radius 3 is 2.34 bits per heavy atom. The third kappa shape index (κ3) is 4.56. The van der Waals surface area contributed by atoms with E-state index in [-0.39, 0.29) is 29.2 Å². The number of halogens is 5. The molecule has 0 spiro atoms. The van der Waals surface area contributed by atoms with Crippen LogP contribution in [0.5, 0.6) is 0 Å². The van der Waals surface area contributed by atoms with Gasteiger partial charge in [0.15, 0.2) is 0 Å². The Labute approximate surface area is 186 Å². The highest BCUT2D eigenvalue weighted by Gasteiger charge is 2.41. The largest absolute Gasteiger partial charge is 0.417 e. The van der Waals surface area contributed by atoms with Gasteiger partial charge < -0.3 is 10.2 Å². The first-order chi connectivity index (χ1) is 15.1. The molecule has 2 aliphatic heterocycles. The first kappa shape index (κ1) is 22.5. The molecule has 0 radical (unpaired) electrons. The number of carbonyl (C=O) groups is 2. The van der Waals surface area contributed by atoms with E-state index in [2.05, 4.69) is 10.3 Å².